The molecule has 0 saturated heterocycles. The number of nitrogens with zero attached hydrogens (tertiary/aromatic N) is 5. The van der Waals surface area contributed by atoms with E-state index in [-0.39, 0.29) is 0 Å². The summed E-state index contributed by atoms with van der Waals surface area (Å²) in [5, 5.41) is 3.27. The summed E-state index contributed by atoms with van der Waals surface area (Å²) in [5.41, 5.74) is 6.54. The quantitative estimate of drug-likeness (QED) is 0.666. The third-order valence-corrected chi connectivity index (χ3v) is 2.84. The lowest BCUT2D eigenvalue weighted by atomic mass is 10.4. The molecule has 7 heteroatoms. The van der Waals surface area contributed by atoms with E-state index in [1.54, 1.807) is 18.6 Å². The smallest absolute Gasteiger partial charge is 0.180 e. The molecule has 98 valence electrons. The fraction of sp³-hybridized carbons (Fsp3) is 0.250. The standard InChI is InChI=1S/C12H15N7/c13-10-8-19-7-4-16-12(19)11(17-10)15-2-1-5-18-6-3-14-9-18/h3-4,6-9H,1-2,5,13H2,(H,15,17). The Hall–Kier alpha value is -2.57. The zero-order valence-electron chi connectivity index (χ0n) is 10.4. The molecular weight excluding hydrogens is 242 g/mol. The van der Waals surface area contributed by atoms with E-state index >= 15 is 0 Å². The number of nitrogen functional groups attached to an aromatic ring is 1. The summed E-state index contributed by atoms with van der Waals surface area (Å²) in [4.78, 5) is 12.5. The van der Waals surface area contributed by atoms with Gasteiger partial charge in [-0.25, -0.2) is 15.0 Å². The molecule has 0 aromatic carbocycles. The van der Waals surface area contributed by atoms with Gasteiger partial charge in [-0.2, -0.15) is 0 Å². The topological polar surface area (TPSA) is 86.1 Å². The van der Waals surface area contributed by atoms with E-state index in [2.05, 4.69) is 20.3 Å². The van der Waals surface area contributed by atoms with E-state index < -0.39 is 0 Å². The second-order valence-electron chi connectivity index (χ2n) is 4.25. The fourth-order valence-corrected chi connectivity index (χ4v) is 1.96. The van der Waals surface area contributed by atoms with Gasteiger partial charge in [0, 0.05) is 37.9 Å². The Morgan fingerprint density at radius 3 is 3.05 bits per heavy atom. The molecule has 3 aromatic rings. The monoisotopic (exact) mass is 257 g/mol. The molecule has 0 aliphatic rings. The van der Waals surface area contributed by atoms with Crippen molar-refractivity contribution in [3.63, 3.8) is 0 Å². The van der Waals surface area contributed by atoms with Gasteiger partial charge in [-0.15, -0.1) is 0 Å². The molecule has 3 N–H and O–H groups in total. The number of nitrogens with one attached hydrogen (secondary N) is 1. The van der Waals surface area contributed by atoms with Gasteiger partial charge in [-0.1, -0.05) is 0 Å². The number of fused-ring (bicyclic) bond motifs is 1. The van der Waals surface area contributed by atoms with Crippen LogP contribution < -0.4 is 11.1 Å². The van der Waals surface area contributed by atoms with E-state index in [0.29, 0.717) is 5.82 Å². The molecule has 0 bridgehead atoms. The highest BCUT2D eigenvalue weighted by atomic mass is 15.1. The van der Waals surface area contributed by atoms with Gasteiger partial charge in [-0.3, -0.25) is 0 Å². The second kappa shape index (κ2) is 4.97. The highest BCUT2D eigenvalue weighted by Gasteiger charge is 2.05. The second-order valence-corrected chi connectivity index (χ2v) is 4.25. The molecule has 0 amide bonds. The minimum Gasteiger partial charge on any atom is -0.382 e. The molecule has 0 fully saturated rings. The van der Waals surface area contributed by atoms with Crippen LogP contribution in [0, 0.1) is 0 Å². The Morgan fingerprint density at radius 2 is 2.21 bits per heavy atom. The Labute approximate surface area is 110 Å². The molecule has 0 saturated carbocycles. The maximum absolute atomic E-state index is 5.75. The third kappa shape index (κ3) is 2.49. The average Bonchev–Trinajstić information content (AvgIpc) is 3.04. The van der Waals surface area contributed by atoms with Crippen LogP contribution in [0.4, 0.5) is 11.6 Å². The summed E-state index contributed by atoms with van der Waals surface area (Å²) >= 11 is 0. The summed E-state index contributed by atoms with van der Waals surface area (Å²) < 4.78 is 3.90. The first kappa shape index (κ1) is 11.5. The minimum atomic E-state index is 0.475. The summed E-state index contributed by atoms with van der Waals surface area (Å²) in [7, 11) is 0. The molecule has 3 heterocycles. The van der Waals surface area contributed by atoms with Crippen LogP contribution in [0.5, 0.6) is 0 Å². The lowest BCUT2D eigenvalue weighted by molar-refractivity contribution is 0.660. The zero-order chi connectivity index (χ0) is 13.1. The maximum atomic E-state index is 5.75. The SMILES string of the molecule is Nc1cn2ccnc2c(NCCCn2ccnc2)n1. The molecule has 3 aromatic heterocycles. The predicted molar refractivity (Wildman–Crippen MR) is 72.7 cm³/mol. The largest absolute Gasteiger partial charge is 0.382 e. The zero-order valence-corrected chi connectivity index (χ0v) is 10.4. The van der Waals surface area contributed by atoms with Gasteiger partial charge < -0.3 is 20.0 Å². The van der Waals surface area contributed by atoms with Crippen LogP contribution in [0.2, 0.25) is 0 Å². The maximum Gasteiger partial charge on any atom is 0.180 e. The molecule has 0 unspecified atom stereocenters. The summed E-state index contributed by atoms with van der Waals surface area (Å²) in [6.07, 6.45) is 11.8. The van der Waals surface area contributed by atoms with Crippen molar-refractivity contribution < 1.29 is 0 Å². The first-order valence-corrected chi connectivity index (χ1v) is 6.12. The summed E-state index contributed by atoms with van der Waals surface area (Å²) in [6, 6.07) is 0. The van der Waals surface area contributed by atoms with Gasteiger partial charge in [0.25, 0.3) is 0 Å². The van der Waals surface area contributed by atoms with Gasteiger partial charge in [0.05, 0.1) is 12.5 Å². The predicted octanol–water partition coefficient (Wildman–Crippen LogP) is 1.01. The normalized spacial score (nSPS) is 10.9. The number of aryl methyl sites for hydroxylation is 1. The van der Waals surface area contributed by atoms with E-state index in [4.69, 9.17) is 5.73 Å². The third-order valence-electron chi connectivity index (χ3n) is 2.84. The Bertz CT molecular complexity index is 656. The lowest BCUT2D eigenvalue weighted by Crippen LogP contribution is -2.09. The Kier molecular flexibility index (Phi) is 3.01. The van der Waals surface area contributed by atoms with Crippen molar-refractivity contribution in [3.05, 3.63) is 37.3 Å². The highest BCUT2D eigenvalue weighted by Crippen LogP contribution is 2.14. The molecule has 0 spiro atoms. The fourth-order valence-electron chi connectivity index (χ4n) is 1.96. The van der Waals surface area contributed by atoms with E-state index in [1.807, 2.05) is 27.7 Å². The summed E-state index contributed by atoms with van der Waals surface area (Å²) in [5.74, 6) is 1.19. The van der Waals surface area contributed by atoms with E-state index in [0.717, 1.165) is 31.0 Å². The van der Waals surface area contributed by atoms with Crippen molar-refractivity contribution in [2.75, 3.05) is 17.6 Å². The first-order valence-electron chi connectivity index (χ1n) is 6.12. The number of rotatable bonds is 5. The summed E-state index contributed by atoms with van der Waals surface area (Å²) in [6.45, 7) is 1.72. The van der Waals surface area contributed by atoms with Gasteiger partial charge in [0.2, 0.25) is 0 Å². The van der Waals surface area contributed by atoms with Crippen molar-refractivity contribution in [3.8, 4) is 0 Å². The number of nitrogens with two attached hydrogens (primary N) is 1. The number of anilines is 2. The van der Waals surface area contributed by atoms with Crippen molar-refractivity contribution in [2.24, 2.45) is 0 Å². The lowest BCUT2D eigenvalue weighted by Gasteiger charge is -2.08. The van der Waals surface area contributed by atoms with Crippen molar-refractivity contribution in [2.45, 2.75) is 13.0 Å². The minimum absolute atomic E-state index is 0.475. The van der Waals surface area contributed by atoms with Crippen LogP contribution in [0.25, 0.3) is 5.65 Å². The van der Waals surface area contributed by atoms with Gasteiger partial charge in [-0.05, 0) is 6.42 Å². The molecule has 0 aliphatic carbocycles. The van der Waals surface area contributed by atoms with Crippen LogP contribution in [0.15, 0.2) is 37.3 Å². The van der Waals surface area contributed by atoms with Crippen LogP contribution in [0.1, 0.15) is 6.42 Å². The molecule has 7 nitrogen and oxygen atoms in total. The van der Waals surface area contributed by atoms with Crippen molar-refractivity contribution in [1.29, 1.82) is 0 Å². The van der Waals surface area contributed by atoms with Crippen molar-refractivity contribution in [1.82, 2.24) is 23.9 Å². The number of hydrogen-bond donors (Lipinski definition) is 2. The van der Waals surface area contributed by atoms with Gasteiger partial charge in [0.1, 0.15) is 5.82 Å². The van der Waals surface area contributed by atoms with Gasteiger partial charge in [0.15, 0.2) is 11.5 Å². The highest BCUT2D eigenvalue weighted by molar-refractivity contribution is 5.64. The molecule has 0 radical (unpaired) electrons. The number of imidazole rings is 2. The van der Waals surface area contributed by atoms with Gasteiger partial charge >= 0.3 is 0 Å². The molecule has 0 atom stereocenters. The van der Waals surface area contributed by atoms with Crippen LogP contribution in [0.3, 0.4) is 0 Å². The average molecular weight is 257 g/mol. The first-order chi connectivity index (χ1) is 9.33. The van der Waals surface area contributed by atoms with Crippen LogP contribution in [-0.4, -0.2) is 30.5 Å². The Balaban J connectivity index is 1.63. The van der Waals surface area contributed by atoms with E-state index in [9.17, 15) is 0 Å². The molecule has 19 heavy (non-hydrogen) atoms. The van der Waals surface area contributed by atoms with E-state index in [1.165, 1.54) is 0 Å². The van der Waals surface area contributed by atoms with Crippen LogP contribution >= 0.6 is 0 Å². The number of aromatic nitrogens is 5. The molecule has 0 aliphatic heterocycles. The molecule has 3 rings (SSSR count). The van der Waals surface area contributed by atoms with Crippen LogP contribution in [-0.2, 0) is 6.54 Å². The number of hydrogen-bond acceptors (Lipinski definition) is 5. The van der Waals surface area contributed by atoms with Crippen molar-refractivity contribution >= 4 is 17.3 Å². The Morgan fingerprint density at radius 1 is 1.26 bits per heavy atom. The molecular formula is C12H15N7.